The van der Waals surface area contributed by atoms with E-state index in [0.717, 1.165) is 17.8 Å². The van der Waals surface area contributed by atoms with Crippen molar-refractivity contribution < 1.29 is 9.59 Å². The fraction of sp³-hybridized carbons (Fsp3) is 0.467. The Bertz CT molecular complexity index is 555. The normalized spacial score (nSPS) is 30.2. The lowest BCUT2D eigenvalue weighted by Crippen LogP contribution is -2.33. The van der Waals surface area contributed by atoms with Crippen molar-refractivity contribution in [2.24, 2.45) is 11.8 Å². The molecule has 2 aliphatic heterocycles. The summed E-state index contributed by atoms with van der Waals surface area (Å²) in [5.74, 6) is -0.180. The molecule has 4 nitrogen and oxygen atoms in total. The minimum Gasteiger partial charge on any atom is -0.345 e. The molecule has 1 saturated heterocycles. The predicted octanol–water partition coefficient (Wildman–Crippen LogP) is 1.47. The third kappa shape index (κ3) is 1.59. The molecule has 0 spiro atoms. The van der Waals surface area contributed by atoms with E-state index < -0.39 is 0 Å². The van der Waals surface area contributed by atoms with Crippen LogP contribution in [0.2, 0.25) is 0 Å². The topological polar surface area (TPSA) is 40.6 Å². The van der Waals surface area contributed by atoms with Crippen LogP contribution in [-0.4, -0.2) is 37.4 Å². The Balaban J connectivity index is 2.06. The Hall–Kier alpha value is -1.84. The lowest BCUT2D eigenvalue weighted by Gasteiger charge is -2.19. The third-order valence-corrected chi connectivity index (χ3v) is 4.43. The van der Waals surface area contributed by atoms with Crippen molar-refractivity contribution >= 4 is 17.5 Å². The molecule has 0 bridgehead atoms. The van der Waals surface area contributed by atoms with Gasteiger partial charge in [0, 0.05) is 26.3 Å². The van der Waals surface area contributed by atoms with Gasteiger partial charge in [-0.25, -0.2) is 0 Å². The highest BCUT2D eigenvalue weighted by Crippen LogP contribution is 2.45. The van der Waals surface area contributed by atoms with Gasteiger partial charge in [-0.2, -0.15) is 0 Å². The largest absolute Gasteiger partial charge is 0.345 e. The lowest BCUT2D eigenvalue weighted by atomic mass is 9.81. The summed E-state index contributed by atoms with van der Waals surface area (Å²) in [5, 5.41) is 0. The van der Waals surface area contributed by atoms with E-state index in [1.807, 2.05) is 31.3 Å². The first-order chi connectivity index (χ1) is 9.02. The minimum absolute atomic E-state index is 0.0432. The van der Waals surface area contributed by atoms with E-state index in [1.165, 1.54) is 0 Å². The van der Waals surface area contributed by atoms with Crippen molar-refractivity contribution in [3.8, 4) is 0 Å². The predicted molar refractivity (Wildman–Crippen MR) is 72.9 cm³/mol. The molecular formula is C15H18N2O2. The Morgan fingerprint density at radius 3 is 2.42 bits per heavy atom. The summed E-state index contributed by atoms with van der Waals surface area (Å²) in [7, 11) is 3.60. The van der Waals surface area contributed by atoms with Gasteiger partial charge in [0.05, 0.1) is 11.8 Å². The summed E-state index contributed by atoms with van der Waals surface area (Å²) < 4.78 is 0. The highest BCUT2D eigenvalue weighted by molar-refractivity contribution is 6.07. The molecule has 2 aliphatic rings. The van der Waals surface area contributed by atoms with Crippen molar-refractivity contribution in [1.82, 2.24) is 4.90 Å². The zero-order chi connectivity index (χ0) is 13.7. The zero-order valence-corrected chi connectivity index (χ0v) is 11.5. The molecule has 1 aromatic carbocycles. The van der Waals surface area contributed by atoms with Crippen LogP contribution in [0.3, 0.4) is 0 Å². The first-order valence-electron chi connectivity index (χ1n) is 6.64. The van der Waals surface area contributed by atoms with Gasteiger partial charge in [0.25, 0.3) is 0 Å². The van der Waals surface area contributed by atoms with Gasteiger partial charge in [0.1, 0.15) is 0 Å². The molecule has 100 valence electrons. The molecular weight excluding hydrogens is 240 g/mol. The number of para-hydroxylation sites is 1. The van der Waals surface area contributed by atoms with Gasteiger partial charge in [0.2, 0.25) is 11.8 Å². The highest BCUT2D eigenvalue weighted by atomic mass is 16.2. The number of benzene rings is 1. The van der Waals surface area contributed by atoms with Crippen LogP contribution >= 0.6 is 0 Å². The van der Waals surface area contributed by atoms with E-state index in [2.05, 4.69) is 6.92 Å². The van der Waals surface area contributed by atoms with Crippen LogP contribution in [0.15, 0.2) is 24.3 Å². The molecule has 19 heavy (non-hydrogen) atoms. The third-order valence-electron chi connectivity index (χ3n) is 4.43. The van der Waals surface area contributed by atoms with Crippen molar-refractivity contribution in [2.45, 2.75) is 12.8 Å². The van der Waals surface area contributed by atoms with Crippen LogP contribution in [0, 0.1) is 11.8 Å². The maximum atomic E-state index is 12.5. The van der Waals surface area contributed by atoms with Crippen LogP contribution in [0.4, 0.5) is 5.69 Å². The van der Waals surface area contributed by atoms with Crippen molar-refractivity contribution in [1.29, 1.82) is 0 Å². The number of carbonyl (C=O) groups is 2. The molecule has 0 aliphatic carbocycles. The Labute approximate surface area is 113 Å². The number of hydrogen-bond acceptors (Lipinski definition) is 2. The summed E-state index contributed by atoms with van der Waals surface area (Å²) in [6, 6.07) is 7.78. The number of nitrogens with zero attached hydrogens (tertiary/aromatic N) is 2. The number of carbonyl (C=O) groups excluding carboxylic acids is 2. The Morgan fingerprint density at radius 2 is 1.79 bits per heavy atom. The molecule has 0 N–H and O–H groups in total. The Kier molecular flexibility index (Phi) is 2.62. The summed E-state index contributed by atoms with van der Waals surface area (Å²) >= 11 is 0. The quantitative estimate of drug-likeness (QED) is 0.765. The van der Waals surface area contributed by atoms with Gasteiger partial charge in [-0.05, 0) is 17.5 Å². The minimum atomic E-state index is -0.311. The van der Waals surface area contributed by atoms with Crippen molar-refractivity contribution in [3.05, 3.63) is 29.8 Å². The molecule has 1 aromatic rings. The van der Waals surface area contributed by atoms with E-state index in [0.29, 0.717) is 0 Å². The van der Waals surface area contributed by atoms with Gasteiger partial charge in [-0.3, -0.25) is 9.59 Å². The number of likely N-dealkylation sites (tertiary alicyclic amines) is 1. The molecule has 3 atom stereocenters. The van der Waals surface area contributed by atoms with Gasteiger partial charge in [-0.1, -0.05) is 25.1 Å². The first kappa shape index (κ1) is 12.2. The monoisotopic (exact) mass is 258 g/mol. The number of fused-ring (bicyclic) bond motifs is 1. The number of anilines is 1. The van der Waals surface area contributed by atoms with Crippen molar-refractivity contribution in [3.63, 3.8) is 0 Å². The standard InChI is InChI=1S/C15H18N2O2/c1-9-8-16(2)14(18)12(9)13-10-6-4-5-7-11(10)17(3)15(13)19/h4-7,9,12-13H,8H2,1-3H3. The van der Waals surface area contributed by atoms with Gasteiger partial charge in [-0.15, -0.1) is 0 Å². The maximum absolute atomic E-state index is 12.5. The van der Waals surface area contributed by atoms with Gasteiger partial charge < -0.3 is 9.80 Å². The molecule has 3 unspecified atom stereocenters. The van der Waals surface area contributed by atoms with E-state index in [1.54, 1.807) is 16.8 Å². The van der Waals surface area contributed by atoms with Crippen LogP contribution in [-0.2, 0) is 9.59 Å². The second-order valence-corrected chi connectivity index (χ2v) is 5.66. The molecule has 2 heterocycles. The smallest absolute Gasteiger partial charge is 0.235 e. The van der Waals surface area contributed by atoms with Crippen LogP contribution in [0.25, 0.3) is 0 Å². The second-order valence-electron chi connectivity index (χ2n) is 5.66. The van der Waals surface area contributed by atoms with Crippen LogP contribution < -0.4 is 4.90 Å². The highest BCUT2D eigenvalue weighted by Gasteiger charge is 2.49. The number of hydrogen-bond donors (Lipinski definition) is 0. The summed E-state index contributed by atoms with van der Waals surface area (Å²) in [4.78, 5) is 28.2. The molecule has 3 rings (SSSR count). The Morgan fingerprint density at radius 1 is 1.11 bits per heavy atom. The molecule has 4 heteroatoms. The van der Waals surface area contributed by atoms with E-state index in [4.69, 9.17) is 0 Å². The fourth-order valence-corrected chi connectivity index (χ4v) is 3.47. The average molecular weight is 258 g/mol. The molecule has 1 fully saturated rings. The molecule has 0 aromatic heterocycles. The second kappa shape index (κ2) is 4.08. The summed E-state index contributed by atoms with van der Waals surface area (Å²) in [6.45, 7) is 2.79. The number of likely N-dealkylation sites (N-methyl/N-ethyl adjacent to an activating group) is 1. The van der Waals surface area contributed by atoms with Crippen LogP contribution in [0.5, 0.6) is 0 Å². The van der Waals surface area contributed by atoms with Crippen molar-refractivity contribution in [2.75, 3.05) is 25.5 Å². The maximum Gasteiger partial charge on any atom is 0.235 e. The SMILES string of the molecule is CC1CN(C)C(=O)C1C1C(=O)N(C)c2ccccc21. The average Bonchev–Trinajstić information content (AvgIpc) is 2.78. The fourth-order valence-electron chi connectivity index (χ4n) is 3.47. The zero-order valence-electron chi connectivity index (χ0n) is 11.5. The van der Waals surface area contributed by atoms with Gasteiger partial charge in [0.15, 0.2) is 0 Å². The molecule has 0 saturated carbocycles. The van der Waals surface area contributed by atoms with E-state index >= 15 is 0 Å². The molecule has 2 amide bonds. The summed E-state index contributed by atoms with van der Waals surface area (Å²) in [5.41, 5.74) is 1.93. The lowest BCUT2D eigenvalue weighted by molar-refractivity contribution is -0.133. The number of amides is 2. The van der Waals surface area contributed by atoms with Crippen LogP contribution in [0.1, 0.15) is 18.4 Å². The summed E-state index contributed by atoms with van der Waals surface area (Å²) in [6.07, 6.45) is 0. The first-order valence-corrected chi connectivity index (χ1v) is 6.64. The molecule has 0 radical (unpaired) electrons. The van der Waals surface area contributed by atoms with E-state index in [9.17, 15) is 9.59 Å². The van der Waals surface area contributed by atoms with Gasteiger partial charge >= 0.3 is 0 Å². The number of rotatable bonds is 1. The van der Waals surface area contributed by atoms with E-state index in [-0.39, 0.29) is 29.6 Å².